The molecule has 20 heavy (non-hydrogen) atoms. The zero-order valence-corrected chi connectivity index (χ0v) is 13.3. The third-order valence-electron chi connectivity index (χ3n) is 3.97. The Morgan fingerprint density at radius 2 is 2.15 bits per heavy atom. The van der Waals surface area contributed by atoms with Crippen molar-refractivity contribution in [2.75, 3.05) is 38.1 Å². The van der Waals surface area contributed by atoms with Gasteiger partial charge in [-0.2, -0.15) is 0 Å². The fraction of sp³-hybridized carbons (Fsp3) is 0.688. The lowest BCUT2D eigenvalue weighted by molar-refractivity contribution is 0.233. The maximum absolute atomic E-state index is 4.63. The summed E-state index contributed by atoms with van der Waals surface area (Å²) in [5, 5.41) is 3.45. The molecule has 0 aliphatic carbocycles. The Morgan fingerprint density at radius 3 is 2.75 bits per heavy atom. The van der Waals surface area contributed by atoms with Crippen molar-refractivity contribution in [3.05, 3.63) is 23.9 Å². The Morgan fingerprint density at radius 1 is 1.35 bits per heavy atom. The van der Waals surface area contributed by atoms with E-state index in [2.05, 4.69) is 60.1 Å². The van der Waals surface area contributed by atoms with Gasteiger partial charge in [-0.25, -0.2) is 4.98 Å². The van der Waals surface area contributed by atoms with Crippen LogP contribution in [0.5, 0.6) is 0 Å². The fourth-order valence-corrected chi connectivity index (χ4v) is 2.47. The topological polar surface area (TPSA) is 31.4 Å². The first kappa shape index (κ1) is 15.3. The van der Waals surface area contributed by atoms with Gasteiger partial charge in [0, 0.05) is 38.4 Å². The van der Waals surface area contributed by atoms with Gasteiger partial charge in [0.1, 0.15) is 5.82 Å². The lowest BCUT2D eigenvalue weighted by Crippen LogP contribution is -2.50. The summed E-state index contributed by atoms with van der Waals surface area (Å²) in [5.74, 6) is 1.80. The molecule has 2 rings (SSSR count). The number of hydrogen-bond donors (Lipinski definition) is 1. The van der Waals surface area contributed by atoms with Gasteiger partial charge in [0.05, 0.1) is 0 Å². The first-order valence-corrected chi connectivity index (χ1v) is 7.67. The standard InChI is InChI=1S/C16H28N4/c1-13(2)9-17-10-15-5-6-16(18-11-15)20-8-7-19(4)14(3)12-20/h5-6,11,13-14,17H,7-10,12H2,1-4H3. The van der Waals surface area contributed by atoms with Crippen LogP contribution < -0.4 is 10.2 Å². The summed E-state index contributed by atoms with van der Waals surface area (Å²) < 4.78 is 0. The average Bonchev–Trinajstić information content (AvgIpc) is 2.42. The first-order valence-electron chi connectivity index (χ1n) is 7.67. The van der Waals surface area contributed by atoms with Gasteiger partial charge in [0.25, 0.3) is 0 Å². The van der Waals surface area contributed by atoms with Gasteiger partial charge in [-0.15, -0.1) is 0 Å². The number of nitrogens with one attached hydrogen (secondary N) is 1. The van der Waals surface area contributed by atoms with E-state index in [-0.39, 0.29) is 0 Å². The fourth-order valence-electron chi connectivity index (χ4n) is 2.47. The molecule has 1 N–H and O–H groups in total. The highest BCUT2D eigenvalue weighted by Gasteiger charge is 2.21. The summed E-state index contributed by atoms with van der Waals surface area (Å²) in [6.07, 6.45) is 2.01. The molecule has 112 valence electrons. The minimum absolute atomic E-state index is 0.595. The number of hydrogen-bond acceptors (Lipinski definition) is 4. The van der Waals surface area contributed by atoms with Gasteiger partial charge >= 0.3 is 0 Å². The summed E-state index contributed by atoms with van der Waals surface area (Å²) >= 11 is 0. The molecular weight excluding hydrogens is 248 g/mol. The van der Waals surface area contributed by atoms with Crippen molar-refractivity contribution in [1.82, 2.24) is 15.2 Å². The van der Waals surface area contributed by atoms with E-state index in [1.807, 2.05) is 6.20 Å². The van der Waals surface area contributed by atoms with E-state index < -0.39 is 0 Å². The van der Waals surface area contributed by atoms with Crippen molar-refractivity contribution in [2.24, 2.45) is 5.92 Å². The molecule has 1 aliphatic rings. The van der Waals surface area contributed by atoms with Crippen LogP contribution in [0.3, 0.4) is 0 Å². The lowest BCUT2D eigenvalue weighted by atomic mass is 10.2. The van der Waals surface area contributed by atoms with E-state index in [0.29, 0.717) is 12.0 Å². The summed E-state index contributed by atoms with van der Waals surface area (Å²) in [6, 6.07) is 4.95. The van der Waals surface area contributed by atoms with E-state index in [0.717, 1.165) is 38.5 Å². The van der Waals surface area contributed by atoms with Crippen molar-refractivity contribution in [2.45, 2.75) is 33.4 Å². The van der Waals surface area contributed by atoms with Gasteiger partial charge in [0.15, 0.2) is 0 Å². The number of anilines is 1. The van der Waals surface area contributed by atoms with Crippen molar-refractivity contribution < 1.29 is 0 Å². The number of nitrogens with zero attached hydrogens (tertiary/aromatic N) is 3. The zero-order chi connectivity index (χ0) is 14.5. The summed E-state index contributed by atoms with van der Waals surface area (Å²) in [7, 11) is 2.19. The van der Waals surface area contributed by atoms with E-state index in [1.54, 1.807) is 0 Å². The van der Waals surface area contributed by atoms with Crippen molar-refractivity contribution in [3.8, 4) is 0 Å². The van der Waals surface area contributed by atoms with Crippen LogP contribution in [0, 0.1) is 5.92 Å². The quantitative estimate of drug-likeness (QED) is 0.891. The number of rotatable bonds is 5. The van der Waals surface area contributed by atoms with Crippen LogP contribution in [-0.2, 0) is 6.54 Å². The highest BCUT2D eigenvalue weighted by atomic mass is 15.3. The van der Waals surface area contributed by atoms with Gasteiger partial charge in [-0.3, -0.25) is 0 Å². The van der Waals surface area contributed by atoms with Crippen molar-refractivity contribution >= 4 is 5.82 Å². The van der Waals surface area contributed by atoms with Crippen LogP contribution in [0.25, 0.3) is 0 Å². The number of likely N-dealkylation sites (N-methyl/N-ethyl adjacent to an activating group) is 1. The second-order valence-electron chi connectivity index (χ2n) is 6.33. The molecule has 0 amide bonds. The lowest BCUT2D eigenvalue weighted by Gasteiger charge is -2.38. The number of pyridine rings is 1. The third kappa shape index (κ3) is 4.18. The molecule has 0 aromatic carbocycles. The SMILES string of the molecule is CC(C)CNCc1ccc(N2CCN(C)C(C)C2)nc1. The van der Waals surface area contributed by atoms with E-state index in [1.165, 1.54) is 5.56 Å². The van der Waals surface area contributed by atoms with Crippen LogP contribution in [-0.4, -0.2) is 49.2 Å². The summed E-state index contributed by atoms with van der Waals surface area (Å²) in [4.78, 5) is 9.42. The van der Waals surface area contributed by atoms with Gasteiger partial charge in [-0.1, -0.05) is 19.9 Å². The van der Waals surface area contributed by atoms with Crippen LogP contribution in [0.15, 0.2) is 18.3 Å². The molecular formula is C16H28N4. The molecule has 1 aromatic heterocycles. The molecule has 4 nitrogen and oxygen atoms in total. The van der Waals surface area contributed by atoms with E-state index in [9.17, 15) is 0 Å². The Bertz CT molecular complexity index is 401. The van der Waals surface area contributed by atoms with Crippen LogP contribution >= 0.6 is 0 Å². The minimum Gasteiger partial charge on any atom is -0.354 e. The van der Waals surface area contributed by atoms with Crippen molar-refractivity contribution in [1.29, 1.82) is 0 Å². The molecule has 1 aromatic rings. The maximum Gasteiger partial charge on any atom is 0.128 e. The molecule has 0 saturated carbocycles. The first-order chi connectivity index (χ1) is 9.56. The minimum atomic E-state index is 0.595. The molecule has 1 fully saturated rings. The molecule has 2 heterocycles. The van der Waals surface area contributed by atoms with Crippen molar-refractivity contribution in [3.63, 3.8) is 0 Å². The monoisotopic (exact) mass is 276 g/mol. The molecule has 1 atom stereocenters. The Balaban J connectivity index is 1.88. The van der Waals surface area contributed by atoms with E-state index >= 15 is 0 Å². The normalized spacial score (nSPS) is 20.6. The predicted molar refractivity (Wildman–Crippen MR) is 85.1 cm³/mol. The van der Waals surface area contributed by atoms with E-state index in [4.69, 9.17) is 0 Å². The molecule has 0 radical (unpaired) electrons. The third-order valence-corrected chi connectivity index (χ3v) is 3.97. The Hall–Kier alpha value is -1.13. The number of piperazine rings is 1. The maximum atomic E-state index is 4.63. The molecule has 4 heteroatoms. The Labute approximate surface area is 123 Å². The predicted octanol–water partition coefficient (Wildman–Crippen LogP) is 1.97. The Kier molecular flexibility index (Phi) is 5.38. The van der Waals surface area contributed by atoms with Gasteiger partial charge in [0.2, 0.25) is 0 Å². The molecule has 0 spiro atoms. The molecule has 1 saturated heterocycles. The highest BCUT2D eigenvalue weighted by molar-refractivity contribution is 5.40. The molecule has 1 aliphatic heterocycles. The van der Waals surface area contributed by atoms with Crippen LogP contribution in [0.2, 0.25) is 0 Å². The second kappa shape index (κ2) is 7.04. The average molecular weight is 276 g/mol. The number of aromatic nitrogens is 1. The van der Waals surface area contributed by atoms with Crippen LogP contribution in [0.4, 0.5) is 5.82 Å². The molecule has 0 bridgehead atoms. The zero-order valence-electron chi connectivity index (χ0n) is 13.3. The highest BCUT2D eigenvalue weighted by Crippen LogP contribution is 2.16. The largest absolute Gasteiger partial charge is 0.354 e. The van der Waals surface area contributed by atoms with Gasteiger partial charge in [-0.05, 0) is 38.1 Å². The van der Waals surface area contributed by atoms with Crippen LogP contribution in [0.1, 0.15) is 26.3 Å². The smallest absolute Gasteiger partial charge is 0.128 e. The second-order valence-corrected chi connectivity index (χ2v) is 6.33. The summed E-state index contributed by atoms with van der Waals surface area (Å²) in [6.45, 7) is 11.9. The van der Waals surface area contributed by atoms with Gasteiger partial charge < -0.3 is 15.1 Å². The molecule has 1 unspecified atom stereocenters. The summed E-state index contributed by atoms with van der Waals surface area (Å²) in [5.41, 5.74) is 1.26.